The minimum atomic E-state index is -3.64. The van der Waals surface area contributed by atoms with E-state index in [2.05, 4.69) is 15.8 Å². The van der Waals surface area contributed by atoms with E-state index in [0.29, 0.717) is 30.0 Å². The van der Waals surface area contributed by atoms with E-state index in [0.717, 1.165) is 16.9 Å². The molecule has 2 amide bonds. The Morgan fingerprint density at radius 2 is 1.44 bits per heavy atom. The molecule has 1 fully saturated rings. The highest BCUT2D eigenvalue weighted by atomic mass is 32.2. The molecule has 216 valence electrons. The van der Waals surface area contributed by atoms with Crippen molar-refractivity contribution in [2.75, 3.05) is 32.6 Å². The number of benzene rings is 3. The highest BCUT2D eigenvalue weighted by molar-refractivity contribution is 7.89. The number of amides is 2. The molecule has 0 aromatic heterocycles. The Bertz CT molecular complexity index is 1480. The molecule has 1 aliphatic rings. The van der Waals surface area contributed by atoms with Crippen LogP contribution in [-0.2, 0) is 26.0 Å². The Balaban J connectivity index is 1.25. The number of ether oxygens (including phenoxy) is 2. The molecule has 1 aliphatic heterocycles. The van der Waals surface area contributed by atoms with Crippen molar-refractivity contribution in [2.24, 2.45) is 11.0 Å². The molecular weight excluding hydrogens is 544 g/mol. The van der Waals surface area contributed by atoms with Crippen molar-refractivity contribution in [3.8, 4) is 11.5 Å². The van der Waals surface area contributed by atoms with E-state index in [-0.39, 0.29) is 42.1 Å². The van der Waals surface area contributed by atoms with Crippen molar-refractivity contribution in [3.63, 3.8) is 0 Å². The maximum Gasteiger partial charge on any atom is 0.243 e. The summed E-state index contributed by atoms with van der Waals surface area (Å²) in [7, 11) is -0.523. The fourth-order valence-corrected chi connectivity index (χ4v) is 5.95. The highest BCUT2D eigenvalue weighted by Crippen LogP contribution is 2.25. The van der Waals surface area contributed by atoms with Crippen LogP contribution in [-0.4, -0.2) is 57.6 Å². The number of carbonyl (C=O) groups is 2. The Hall–Kier alpha value is -4.22. The zero-order valence-electron chi connectivity index (χ0n) is 23.3. The number of piperidine rings is 1. The average molecular weight is 579 g/mol. The number of methoxy groups -OCH3 is 2. The molecule has 11 heteroatoms. The van der Waals surface area contributed by atoms with Gasteiger partial charge in [0.15, 0.2) is 0 Å². The molecule has 1 saturated heterocycles. The van der Waals surface area contributed by atoms with Gasteiger partial charge >= 0.3 is 0 Å². The quantitative estimate of drug-likeness (QED) is 0.278. The summed E-state index contributed by atoms with van der Waals surface area (Å²) >= 11 is 0. The van der Waals surface area contributed by atoms with Gasteiger partial charge in [0.2, 0.25) is 21.8 Å². The van der Waals surface area contributed by atoms with Crippen LogP contribution in [0, 0.1) is 5.92 Å². The van der Waals surface area contributed by atoms with Gasteiger partial charge in [0.25, 0.3) is 0 Å². The van der Waals surface area contributed by atoms with Crippen LogP contribution in [0.5, 0.6) is 11.5 Å². The van der Waals surface area contributed by atoms with E-state index in [9.17, 15) is 18.0 Å². The molecule has 0 bridgehead atoms. The first-order chi connectivity index (χ1) is 19.7. The summed E-state index contributed by atoms with van der Waals surface area (Å²) in [5.41, 5.74) is 5.55. The molecule has 0 atom stereocenters. The highest BCUT2D eigenvalue weighted by Gasteiger charge is 2.32. The summed E-state index contributed by atoms with van der Waals surface area (Å²) in [6.07, 6.45) is 1.05. The third-order valence-electron chi connectivity index (χ3n) is 6.97. The van der Waals surface area contributed by atoms with Crippen LogP contribution < -0.4 is 20.2 Å². The molecule has 0 saturated carbocycles. The summed E-state index contributed by atoms with van der Waals surface area (Å²) in [5.74, 6) is 0.604. The number of hydrogen-bond donors (Lipinski definition) is 2. The van der Waals surface area contributed by atoms with Gasteiger partial charge in [0, 0.05) is 24.7 Å². The van der Waals surface area contributed by atoms with Crippen LogP contribution in [0.4, 0.5) is 5.69 Å². The molecule has 2 N–H and O–H groups in total. The Kier molecular flexibility index (Phi) is 9.74. The SMILES string of the molecule is COc1ccc(CC(=O)Nc2ccc(/C(C)=N/NC(=O)C3CCN(S(=O)(=O)c4ccc(OC)cc4)CC3)cc2)cc1. The van der Waals surface area contributed by atoms with Crippen LogP contribution in [0.25, 0.3) is 0 Å². The molecule has 10 nitrogen and oxygen atoms in total. The summed E-state index contributed by atoms with van der Waals surface area (Å²) < 4.78 is 37.6. The van der Waals surface area contributed by atoms with Crippen molar-refractivity contribution in [1.82, 2.24) is 9.73 Å². The van der Waals surface area contributed by atoms with E-state index in [1.54, 1.807) is 38.3 Å². The number of anilines is 1. The van der Waals surface area contributed by atoms with Crippen molar-refractivity contribution in [2.45, 2.75) is 31.1 Å². The summed E-state index contributed by atoms with van der Waals surface area (Å²) in [6.45, 7) is 2.28. The standard InChI is InChI=1S/C30H34N4O6S/c1-21(23-6-8-25(9-7-23)31-29(35)20-22-4-10-26(39-2)11-5-22)32-33-30(36)24-16-18-34(19-17-24)41(37,38)28-14-12-27(40-3)13-15-28/h4-15,24H,16-20H2,1-3H3,(H,31,35)(H,33,36)/b32-21+. The molecule has 3 aromatic carbocycles. The average Bonchev–Trinajstić information content (AvgIpc) is 3.00. The van der Waals surface area contributed by atoms with E-state index >= 15 is 0 Å². The van der Waals surface area contributed by atoms with E-state index in [1.807, 2.05) is 36.4 Å². The number of hydrogen-bond acceptors (Lipinski definition) is 7. The lowest BCUT2D eigenvalue weighted by Crippen LogP contribution is -2.42. The smallest absolute Gasteiger partial charge is 0.243 e. The molecule has 3 aromatic rings. The minimum absolute atomic E-state index is 0.136. The normalized spacial score (nSPS) is 14.8. The molecule has 0 radical (unpaired) electrons. The maximum atomic E-state index is 13.0. The first-order valence-corrected chi connectivity index (χ1v) is 14.6. The van der Waals surface area contributed by atoms with Gasteiger partial charge < -0.3 is 14.8 Å². The molecule has 0 spiro atoms. The predicted molar refractivity (Wildman–Crippen MR) is 157 cm³/mol. The monoisotopic (exact) mass is 578 g/mol. The second-order valence-corrected chi connectivity index (χ2v) is 11.6. The van der Waals surface area contributed by atoms with Crippen molar-refractivity contribution in [1.29, 1.82) is 0 Å². The third-order valence-corrected chi connectivity index (χ3v) is 8.88. The predicted octanol–water partition coefficient (Wildman–Crippen LogP) is 3.83. The Labute approximate surface area is 240 Å². The van der Waals surface area contributed by atoms with Crippen LogP contribution in [0.3, 0.4) is 0 Å². The topological polar surface area (TPSA) is 126 Å². The number of nitrogens with zero attached hydrogens (tertiary/aromatic N) is 2. The zero-order chi connectivity index (χ0) is 29.4. The van der Waals surface area contributed by atoms with Gasteiger partial charge in [0.1, 0.15) is 11.5 Å². The van der Waals surface area contributed by atoms with Gasteiger partial charge in [-0.25, -0.2) is 13.8 Å². The second-order valence-electron chi connectivity index (χ2n) is 9.68. The number of nitrogens with one attached hydrogen (secondary N) is 2. The Morgan fingerprint density at radius 3 is 2.00 bits per heavy atom. The zero-order valence-corrected chi connectivity index (χ0v) is 24.1. The molecule has 4 rings (SSSR count). The number of rotatable bonds is 10. The fraction of sp³-hybridized carbons (Fsp3) is 0.300. The van der Waals surface area contributed by atoms with Gasteiger partial charge in [-0.1, -0.05) is 24.3 Å². The van der Waals surface area contributed by atoms with E-state index in [4.69, 9.17) is 9.47 Å². The molecule has 0 aliphatic carbocycles. The number of carbonyl (C=O) groups excluding carboxylic acids is 2. The number of sulfonamides is 1. The lowest BCUT2D eigenvalue weighted by atomic mass is 9.98. The fourth-order valence-electron chi connectivity index (χ4n) is 4.48. The van der Waals surface area contributed by atoms with Crippen LogP contribution >= 0.6 is 0 Å². The van der Waals surface area contributed by atoms with Crippen molar-refractivity contribution >= 4 is 33.2 Å². The number of hydrazone groups is 1. The molecule has 41 heavy (non-hydrogen) atoms. The lowest BCUT2D eigenvalue weighted by molar-refractivity contribution is -0.126. The summed E-state index contributed by atoms with van der Waals surface area (Å²) in [4.78, 5) is 25.3. The largest absolute Gasteiger partial charge is 0.497 e. The van der Waals surface area contributed by atoms with Gasteiger partial charge in [-0.2, -0.15) is 9.41 Å². The van der Waals surface area contributed by atoms with E-state index in [1.165, 1.54) is 23.5 Å². The van der Waals surface area contributed by atoms with Gasteiger partial charge in [-0.05, 0) is 79.4 Å². The lowest BCUT2D eigenvalue weighted by Gasteiger charge is -2.30. The van der Waals surface area contributed by atoms with Crippen LogP contribution in [0.1, 0.15) is 30.9 Å². The van der Waals surface area contributed by atoms with Crippen molar-refractivity contribution in [3.05, 3.63) is 83.9 Å². The third kappa shape index (κ3) is 7.71. The Morgan fingerprint density at radius 1 is 0.878 bits per heavy atom. The van der Waals surface area contributed by atoms with Crippen LogP contribution in [0.15, 0.2) is 82.8 Å². The van der Waals surface area contributed by atoms with E-state index < -0.39 is 10.0 Å². The minimum Gasteiger partial charge on any atom is -0.497 e. The first-order valence-electron chi connectivity index (χ1n) is 13.2. The summed E-state index contributed by atoms with van der Waals surface area (Å²) in [6, 6.07) is 20.8. The van der Waals surface area contributed by atoms with Crippen LogP contribution in [0.2, 0.25) is 0 Å². The second kappa shape index (κ2) is 13.4. The van der Waals surface area contributed by atoms with Gasteiger partial charge in [-0.15, -0.1) is 0 Å². The first kappa shape index (κ1) is 29.8. The van der Waals surface area contributed by atoms with Crippen molar-refractivity contribution < 1.29 is 27.5 Å². The van der Waals surface area contributed by atoms with Gasteiger partial charge in [-0.3, -0.25) is 9.59 Å². The maximum absolute atomic E-state index is 13.0. The van der Waals surface area contributed by atoms with Gasteiger partial charge in [0.05, 0.1) is 31.2 Å². The summed E-state index contributed by atoms with van der Waals surface area (Å²) in [5, 5.41) is 7.11. The molecular formula is C30H34N4O6S. The molecule has 1 heterocycles. The molecule has 0 unspecified atom stereocenters.